The van der Waals surface area contributed by atoms with E-state index in [1.807, 2.05) is 68.1 Å². The number of hydrogen-bond acceptors (Lipinski definition) is 2. The maximum atomic E-state index is 13.1. The summed E-state index contributed by atoms with van der Waals surface area (Å²) in [6, 6.07) is 22.4. The molecule has 2 aromatic carbocycles. The Kier molecular flexibility index (Phi) is 6.42. The van der Waals surface area contributed by atoms with Crippen LogP contribution in [0.5, 0.6) is 5.75 Å². The molecular formula is C25H30N2O2. The minimum Gasteiger partial charge on any atom is -0.497 e. The maximum absolute atomic E-state index is 13.1. The van der Waals surface area contributed by atoms with Crippen molar-refractivity contribution in [3.05, 3.63) is 89.7 Å². The van der Waals surface area contributed by atoms with Gasteiger partial charge >= 0.3 is 0 Å². The molecule has 0 saturated heterocycles. The molecule has 4 heteroatoms. The number of hydrogen-bond donors (Lipinski definition) is 0. The van der Waals surface area contributed by atoms with Gasteiger partial charge in [0.15, 0.2) is 0 Å². The maximum Gasteiger partial charge on any atom is 0.228 e. The molecule has 4 nitrogen and oxygen atoms in total. The largest absolute Gasteiger partial charge is 0.497 e. The number of aromatic nitrogens is 1. The van der Waals surface area contributed by atoms with Gasteiger partial charge in [-0.05, 0) is 35.4 Å². The number of methoxy groups -OCH3 is 1. The van der Waals surface area contributed by atoms with Crippen molar-refractivity contribution in [3.8, 4) is 5.75 Å². The number of amides is 1. The molecule has 1 amide bonds. The SMILES string of the molecule is COc1cccc(Cn2cccc2CN(Cc2ccccc2)C(=O)C(C)(C)C)c1. The molecular weight excluding hydrogens is 360 g/mol. The van der Waals surface area contributed by atoms with Gasteiger partial charge in [0.1, 0.15) is 5.75 Å². The molecule has 3 rings (SSSR count). The van der Waals surface area contributed by atoms with E-state index in [-0.39, 0.29) is 5.91 Å². The van der Waals surface area contributed by atoms with Crippen molar-refractivity contribution < 1.29 is 9.53 Å². The fourth-order valence-corrected chi connectivity index (χ4v) is 3.39. The first-order chi connectivity index (χ1) is 13.9. The third kappa shape index (κ3) is 5.50. The molecule has 0 aliphatic carbocycles. The van der Waals surface area contributed by atoms with Gasteiger partial charge in [0, 0.05) is 30.4 Å². The molecule has 0 radical (unpaired) electrons. The van der Waals surface area contributed by atoms with Crippen molar-refractivity contribution in [2.24, 2.45) is 5.41 Å². The summed E-state index contributed by atoms with van der Waals surface area (Å²) in [7, 11) is 1.68. The monoisotopic (exact) mass is 390 g/mol. The molecule has 0 saturated carbocycles. The van der Waals surface area contributed by atoms with E-state index in [1.54, 1.807) is 7.11 Å². The Labute approximate surface area is 173 Å². The molecule has 3 aromatic rings. The number of benzene rings is 2. The van der Waals surface area contributed by atoms with Gasteiger partial charge in [-0.2, -0.15) is 0 Å². The summed E-state index contributed by atoms with van der Waals surface area (Å²) < 4.78 is 7.54. The van der Waals surface area contributed by atoms with E-state index in [1.165, 1.54) is 5.56 Å². The normalized spacial score (nSPS) is 11.3. The van der Waals surface area contributed by atoms with E-state index in [4.69, 9.17) is 4.74 Å². The highest BCUT2D eigenvalue weighted by atomic mass is 16.5. The number of carbonyl (C=O) groups excluding carboxylic acids is 1. The first-order valence-corrected chi connectivity index (χ1v) is 9.97. The highest BCUT2D eigenvalue weighted by Gasteiger charge is 2.28. The van der Waals surface area contributed by atoms with Crippen molar-refractivity contribution >= 4 is 5.91 Å². The average molecular weight is 391 g/mol. The van der Waals surface area contributed by atoms with Crippen molar-refractivity contribution in [1.29, 1.82) is 0 Å². The zero-order valence-electron chi connectivity index (χ0n) is 17.8. The van der Waals surface area contributed by atoms with Crippen LogP contribution in [-0.4, -0.2) is 22.5 Å². The van der Waals surface area contributed by atoms with Crippen LogP contribution in [0.3, 0.4) is 0 Å². The minimum atomic E-state index is -0.432. The summed E-state index contributed by atoms with van der Waals surface area (Å²) in [6.07, 6.45) is 2.07. The van der Waals surface area contributed by atoms with Crippen LogP contribution in [-0.2, 0) is 24.4 Å². The standard InChI is InChI=1S/C25H30N2O2/c1-25(2,3)24(28)27(17-20-10-6-5-7-11-20)19-22-13-9-15-26(22)18-21-12-8-14-23(16-21)29-4/h5-16H,17-19H2,1-4H3. The molecule has 0 bridgehead atoms. The topological polar surface area (TPSA) is 34.5 Å². The molecule has 0 aliphatic heterocycles. The summed E-state index contributed by atoms with van der Waals surface area (Å²) in [5, 5.41) is 0. The second kappa shape index (κ2) is 8.99. The highest BCUT2D eigenvalue weighted by Crippen LogP contribution is 2.22. The molecule has 0 N–H and O–H groups in total. The second-order valence-electron chi connectivity index (χ2n) is 8.38. The molecule has 0 atom stereocenters. The van der Waals surface area contributed by atoms with Crippen LogP contribution >= 0.6 is 0 Å². The predicted molar refractivity (Wildman–Crippen MR) is 117 cm³/mol. The number of carbonyl (C=O) groups is 1. The van der Waals surface area contributed by atoms with Gasteiger partial charge in [0.05, 0.1) is 13.7 Å². The van der Waals surface area contributed by atoms with E-state index < -0.39 is 5.41 Å². The second-order valence-corrected chi connectivity index (χ2v) is 8.38. The predicted octanol–water partition coefficient (Wildman–Crippen LogP) is 5.12. The zero-order valence-corrected chi connectivity index (χ0v) is 17.8. The molecule has 0 spiro atoms. The first kappa shape index (κ1) is 20.7. The van der Waals surface area contributed by atoms with Crippen molar-refractivity contribution in [2.45, 2.75) is 40.4 Å². The minimum absolute atomic E-state index is 0.149. The summed E-state index contributed by atoms with van der Waals surface area (Å²) in [4.78, 5) is 15.1. The molecule has 29 heavy (non-hydrogen) atoms. The van der Waals surface area contributed by atoms with Crippen LogP contribution in [0.1, 0.15) is 37.6 Å². The number of nitrogens with zero attached hydrogens (tertiary/aromatic N) is 2. The Morgan fingerprint density at radius 1 is 0.931 bits per heavy atom. The lowest BCUT2D eigenvalue weighted by molar-refractivity contribution is -0.140. The Bertz CT molecular complexity index is 939. The van der Waals surface area contributed by atoms with Crippen LogP contribution in [0, 0.1) is 5.41 Å². The van der Waals surface area contributed by atoms with Crippen LogP contribution < -0.4 is 4.74 Å². The lowest BCUT2D eigenvalue weighted by Gasteiger charge is -2.30. The van der Waals surface area contributed by atoms with E-state index in [0.717, 1.165) is 23.6 Å². The molecule has 0 unspecified atom stereocenters. The van der Waals surface area contributed by atoms with Crippen molar-refractivity contribution in [3.63, 3.8) is 0 Å². The fraction of sp³-hybridized carbons (Fsp3) is 0.320. The fourth-order valence-electron chi connectivity index (χ4n) is 3.39. The summed E-state index contributed by atoms with van der Waals surface area (Å²) in [6.45, 7) is 7.83. The summed E-state index contributed by atoms with van der Waals surface area (Å²) in [5.74, 6) is 1.00. The molecule has 1 aromatic heterocycles. The number of ether oxygens (including phenoxy) is 1. The van der Waals surface area contributed by atoms with Gasteiger partial charge in [-0.25, -0.2) is 0 Å². The van der Waals surface area contributed by atoms with E-state index in [0.29, 0.717) is 13.1 Å². The summed E-state index contributed by atoms with van der Waals surface area (Å²) in [5.41, 5.74) is 2.98. The van der Waals surface area contributed by atoms with Crippen molar-refractivity contribution in [1.82, 2.24) is 9.47 Å². The van der Waals surface area contributed by atoms with Gasteiger partial charge in [-0.3, -0.25) is 4.79 Å². The van der Waals surface area contributed by atoms with Crippen molar-refractivity contribution in [2.75, 3.05) is 7.11 Å². The zero-order chi connectivity index (χ0) is 20.9. The third-order valence-electron chi connectivity index (χ3n) is 4.91. The molecule has 1 heterocycles. The van der Waals surface area contributed by atoms with Gasteiger partial charge in [-0.15, -0.1) is 0 Å². The van der Waals surface area contributed by atoms with Crippen LogP contribution in [0.25, 0.3) is 0 Å². The summed E-state index contributed by atoms with van der Waals surface area (Å²) >= 11 is 0. The lowest BCUT2D eigenvalue weighted by atomic mass is 9.94. The lowest BCUT2D eigenvalue weighted by Crippen LogP contribution is -2.39. The van der Waals surface area contributed by atoms with E-state index >= 15 is 0 Å². The Balaban J connectivity index is 1.82. The van der Waals surface area contributed by atoms with E-state index in [2.05, 4.69) is 35.0 Å². The number of rotatable bonds is 7. The smallest absolute Gasteiger partial charge is 0.228 e. The van der Waals surface area contributed by atoms with Gasteiger partial charge in [0.25, 0.3) is 0 Å². The Hall–Kier alpha value is -3.01. The van der Waals surface area contributed by atoms with Crippen LogP contribution in [0.15, 0.2) is 72.9 Å². The third-order valence-corrected chi connectivity index (χ3v) is 4.91. The van der Waals surface area contributed by atoms with E-state index in [9.17, 15) is 4.79 Å². The Morgan fingerprint density at radius 3 is 2.34 bits per heavy atom. The van der Waals surface area contributed by atoms with Gasteiger partial charge in [0.2, 0.25) is 5.91 Å². The quantitative estimate of drug-likeness (QED) is 0.561. The molecule has 152 valence electrons. The average Bonchev–Trinajstić information content (AvgIpc) is 3.13. The van der Waals surface area contributed by atoms with Crippen LogP contribution in [0.4, 0.5) is 0 Å². The molecule has 0 aliphatic rings. The highest BCUT2D eigenvalue weighted by molar-refractivity contribution is 5.81. The van der Waals surface area contributed by atoms with Gasteiger partial charge in [-0.1, -0.05) is 63.2 Å². The Morgan fingerprint density at radius 2 is 1.66 bits per heavy atom. The van der Waals surface area contributed by atoms with Crippen LogP contribution in [0.2, 0.25) is 0 Å². The first-order valence-electron chi connectivity index (χ1n) is 9.97. The van der Waals surface area contributed by atoms with Gasteiger partial charge < -0.3 is 14.2 Å². The molecule has 0 fully saturated rings.